The molecule has 0 bridgehead atoms. The maximum absolute atomic E-state index is 5.80. The predicted octanol–water partition coefficient (Wildman–Crippen LogP) is 3.70. The van der Waals surface area contributed by atoms with Crippen LogP contribution in [-0.2, 0) is 0 Å². The molecule has 0 unspecified atom stereocenters. The molecule has 3 heteroatoms. The van der Waals surface area contributed by atoms with Gasteiger partial charge in [-0.3, -0.25) is 0 Å². The third kappa shape index (κ3) is 3.44. The Morgan fingerprint density at radius 2 is 2.31 bits per heavy atom. The quantitative estimate of drug-likeness (QED) is 0.385. The van der Waals surface area contributed by atoms with Crippen LogP contribution < -0.4 is 5.73 Å². The van der Waals surface area contributed by atoms with E-state index in [4.69, 9.17) is 5.73 Å². The first kappa shape index (κ1) is 10.7. The van der Waals surface area contributed by atoms with Gasteiger partial charge in [0.15, 0.2) is 0 Å². The van der Waals surface area contributed by atoms with Crippen molar-refractivity contribution in [1.29, 1.82) is 0 Å². The second-order valence-corrected chi connectivity index (χ2v) is 4.66. The van der Waals surface area contributed by atoms with Gasteiger partial charge in [0.25, 0.3) is 0 Å². The van der Waals surface area contributed by atoms with Crippen LogP contribution in [0.25, 0.3) is 0 Å². The number of halogens is 1. The van der Waals surface area contributed by atoms with Gasteiger partial charge in [0.05, 0.1) is 0 Å². The predicted molar refractivity (Wildman–Crippen MR) is 64.1 cm³/mol. The molecule has 70 valence electrons. The van der Waals surface area contributed by atoms with Crippen LogP contribution in [0.3, 0.4) is 0 Å². The maximum atomic E-state index is 5.80. The lowest BCUT2D eigenvalue weighted by molar-refractivity contribution is 1.24. The molecule has 0 atom stereocenters. The monoisotopic (exact) mass is 257 g/mol. The van der Waals surface area contributed by atoms with E-state index in [9.17, 15) is 0 Å². The summed E-state index contributed by atoms with van der Waals surface area (Å²) >= 11 is 5.18. The van der Waals surface area contributed by atoms with Gasteiger partial charge in [-0.05, 0) is 24.6 Å². The lowest BCUT2D eigenvalue weighted by Gasteiger charge is -2.04. The molecule has 0 saturated carbocycles. The summed E-state index contributed by atoms with van der Waals surface area (Å²) in [5.41, 5.74) is 6.65. The Hall–Kier alpha value is -0.410. The molecule has 0 saturated heterocycles. The second-order valence-electron chi connectivity index (χ2n) is 2.61. The van der Waals surface area contributed by atoms with Crippen molar-refractivity contribution in [3.63, 3.8) is 0 Å². The Kier molecular flexibility index (Phi) is 4.39. The van der Waals surface area contributed by atoms with Crippen LogP contribution in [0.15, 0.2) is 40.2 Å². The van der Waals surface area contributed by atoms with E-state index >= 15 is 0 Å². The van der Waals surface area contributed by atoms with Crippen LogP contribution >= 0.6 is 27.7 Å². The van der Waals surface area contributed by atoms with Gasteiger partial charge >= 0.3 is 0 Å². The Morgan fingerprint density at radius 1 is 1.54 bits per heavy atom. The molecular formula is C10H12BrNS. The van der Waals surface area contributed by atoms with E-state index in [1.165, 1.54) is 0 Å². The normalized spacial score (nSPS) is 9.92. The van der Waals surface area contributed by atoms with Crippen molar-refractivity contribution >= 4 is 33.4 Å². The summed E-state index contributed by atoms with van der Waals surface area (Å²) < 4.78 is 1.07. The number of rotatable bonds is 4. The van der Waals surface area contributed by atoms with Gasteiger partial charge in [0.1, 0.15) is 0 Å². The van der Waals surface area contributed by atoms with E-state index in [0.717, 1.165) is 27.2 Å². The minimum absolute atomic E-state index is 0.845. The summed E-state index contributed by atoms with van der Waals surface area (Å²) in [5.74, 6) is 1.03. The third-order valence-corrected chi connectivity index (χ3v) is 3.15. The zero-order chi connectivity index (χ0) is 9.68. The number of nitrogens with two attached hydrogens (primary N) is 1. The molecule has 2 N–H and O–H groups in total. The summed E-state index contributed by atoms with van der Waals surface area (Å²) in [4.78, 5) is 1.14. The van der Waals surface area contributed by atoms with Crippen LogP contribution in [0.1, 0.15) is 6.42 Å². The molecule has 0 aliphatic heterocycles. The van der Waals surface area contributed by atoms with Gasteiger partial charge in [-0.25, -0.2) is 0 Å². The van der Waals surface area contributed by atoms with Crippen LogP contribution in [0.4, 0.5) is 5.69 Å². The highest BCUT2D eigenvalue weighted by Gasteiger charge is 1.99. The van der Waals surface area contributed by atoms with Crippen LogP contribution in [0, 0.1) is 0 Å². The summed E-state index contributed by atoms with van der Waals surface area (Å²) in [7, 11) is 0. The molecule has 0 spiro atoms. The summed E-state index contributed by atoms with van der Waals surface area (Å²) in [6.45, 7) is 3.68. The highest BCUT2D eigenvalue weighted by atomic mass is 79.9. The standard InChI is InChI=1S/C10H12BrNS/c1-2-3-6-13-10-7-8(11)4-5-9(10)12/h2,4-5,7H,1,3,6,12H2. The molecule has 13 heavy (non-hydrogen) atoms. The topological polar surface area (TPSA) is 26.0 Å². The first-order valence-electron chi connectivity index (χ1n) is 4.02. The Morgan fingerprint density at radius 3 is 3.00 bits per heavy atom. The average molecular weight is 258 g/mol. The zero-order valence-electron chi connectivity index (χ0n) is 7.29. The lowest BCUT2D eigenvalue weighted by Crippen LogP contribution is -1.88. The number of thioether (sulfide) groups is 1. The SMILES string of the molecule is C=CCCSc1cc(Br)ccc1N. The van der Waals surface area contributed by atoms with E-state index in [1.54, 1.807) is 11.8 Å². The number of anilines is 1. The molecule has 0 aliphatic carbocycles. The van der Waals surface area contributed by atoms with Crippen molar-refractivity contribution in [2.24, 2.45) is 0 Å². The van der Waals surface area contributed by atoms with E-state index in [2.05, 4.69) is 22.5 Å². The van der Waals surface area contributed by atoms with Gasteiger partial charge < -0.3 is 5.73 Å². The van der Waals surface area contributed by atoms with Crippen LogP contribution in [0.5, 0.6) is 0 Å². The average Bonchev–Trinajstić information content (AvgIpc) is 2.11. The second kappa shape index (κ2) is 5.35. The largest absolute Gasteiger partial charge is 0.398 e. The molecule has 1 aromatic rings. The number of allylic oxidation sites excluding steroid dienone is 1. The molecule has 0 aromatic heterocycles. The first-order valence-corrected chi connectivity index (χ1v) is 5.80. The molecule has 0 heterocycles. The fraction of sp³-hybridized carbons (Fsp3) is 0.200. The van der Waals surface area contributed by atoms with Crippen molar-refractivity contribution < 1.29 is 0 Å². The fourth-order valence-corrected chi connectivity index (χ4v) is 2.35. The molecule has 1 rings (SSSR count). The van der Waals surface area contributed by atoms with Crippen molar-refractivity contribution in [2.45, 2.75) is 11.3 Å². The summed E-state index contributed by atoms with van der Waals surface area (Å²) in [5, 5.41) is 0. The van der Waals surface area contributed by atoms with Gasteiger partial charge in [-0.2, -0.15) is 0 Å². The van der Waals surface area contributed by atoms with Crippen LogP contribution in [-0.4, -0.2) is 5.75 Å². The minimum atomic E-state index is 0.845. The van der Waals surface area contributed by atoms with E-state index in [1.807, 2.05) is 24.3 Å². The summed E-state index contributed by atoms with van der Waals surface area (Å²) in [6.07, 6.45) is 2.93. The Balaban J connectivity index is 2.64. The summed E-state index contributed by atoms with van der Waals surface area (Å²) in [6, 6.07) is 5.91. The molecular weight excluding hydrogens is 246 g/mol. The van der Waals surface area contributed by atoms with Crippen molar-refractivity contribution in [1.82, 2.24) is 0 Å². The van der Waals surface area contributed by atoms with Crippen molar-refractivity contribution in [3.05, 3.63) is 35.3 Å². The Bertz CT molecular complexity index is 299. The number of hydrogen-bond donors (Lipinski definition) is 1. The number of hydrogen-bond acceptors (Lipinski definition) is 2. The van der Waals surface area contributed by atoms with Gasteiger partial charge in [-0.1, -0.05) is 22.0 Å². The van der Waals surface area contributed by atoms with Crippen molar-refractivity contribution in [2.75, 3.05) is 11.5 Å². The Labute approximate surface area is 91.5 Å². The molecule has 0 radical (unpaired) electrons. The molecule has 0 aliphatic rings. The first-order chi connectivity index (χ1) is 6.24. The van der Waals surface area contributed by atoms with Gasteiger partial charge in [0.2, 0.25) is 0 Å². The smallest absolute Gasteiger partial charge is 0.0453 e. The number of nitrogen functional groups attached to an aromatic ring is 1. The highest BCUT2D eigenvalue weighted by Crippen LogP contribution is 2.28. The van der Waals surface area contributed by atoms with E-state index < -0.39 is 0 Å². The molecule has 1 aromatic carbocycles. The maximum Gasteiger partial charge on any atom is 0.0453 e. The molecule has 1 nitrogen and oxygen atoms in total. The lowest BCUT2D eigenvalue weighted by atomic mass is 10.3. The highest BCUT2D eigenvalue weighted by molar-refractivity contribution is 9.10. The third-order valence-electron chi connectivity index (χ3n) is 1.56. The van der Waals surface area contributed by atoms with E-state index in [0.29, 0.717) is 0 Å². The number of benzene rings is 1. The molecule has 0 fully saturated rings. The fourth-order valence-electron chi connectivity index (χ4n) is 0.885. The van der Waals surface area contributed by atoms with Gasteiger partial charge in [0, 0.05) is 20.8 Å². The molecule has 0 amide bonds. The van der Waals surface area contributed by atoms with Crippen molar-refractivity contribution in [3.8, 4) is 0 Å². The zero-order valence-corrected chi connectivity index (χ0v) is 9.70. The minimum Gasteiger partial charge on any atom is -0.398 e. The van der Waals surface area contributed by atoms with E-state index in [-0.39, 0.29) is 0 Å². The van der Waals surface area contributed by atoms with Gasteiger partial charge in [-0.15, -0.1) is 18.3 Å². The van der Waals surface area contributed by atoms with Crippen LogP contribution in [0.2, 0.25) is 0 Å².